The Bertz CT molecular complexity index is 707. The highest BCUT2D eigenvalue weighted by atomic mass is 19.4. The van der Waals surface area contributed by atoms with Crippen LogP contribution in [0.3, 0.4) is 0 Å². The molecule has 3 rings (SSSR count). The van der Waals surface area contributed by atoms with Gasteiger partial charge in [0, 0.05) is 44.6 Å². The predicted molar refractivity (Wildman–Crippen MR) is 92.8 cm³/mol. The van der Waals surface area contributed by atoms with Gasteiger partial charge in [0.25, 0.3) is 0 Å². The number of pyridine rings is 1. The molecule has 2 aromatic heterocycles. The minimum atomic E-state index is -4.46. The van der Waals surface area contributed by atoms with Crippen LogP contribution in [0.1, 0.15) is 24.1 Å². The monoisotopic (exact) mass is 365 g/mol. The quantitative estimate of drug-likeness (QED) is 0.815. The van der Waals surface area contributed by atoms with Gasteiger partial charge < -0.3 is 9.80 Å². The zero-order chi connectivity index (χ0) is 18.6. The smallest absolute Gasteiger partial charge is 0.355 e. The summed E-state index contributed by atoms with van der Waals surface area (Å²) in [6.45, 7) is 2.72. The number of nitrogens with zero attached hydrogens (tertiary/aromatic N) is 5. The number of anilines is 1. The number of rotatable bonds is 5. The van der Waals surface area contributed by atoms with Crippen molar-refractivity contribution in [2.75, 3.05) is 31.6 Å². The first-order valence-electron chi connectivity index (χ1n) is 8.67. The van der Waals surface area contributed by atoms with Crippen LogP contribution < -0.4 is 4.90 Å². The Balaban J connectivity index is 1.62. The van der Waals surface area contributed by atoms with Gasteiger partial charge in [0.2, 0.25) is 0 Å². The van der Waals surface area contributed by atoms with Crippen molar-refractivity contribution >= 4 is 5.82 Å². The standard InChI is InChI=1S/C18H22F3N5/c1-25(17-10-16(18(19,20)21)23-13-24-17)15-5-3-8-26(12-15)9-6-14-4-2-7-22-11-14/h2,4,7,10-11,13,15H,3,5-6,8-9,12H2,1H3. The number of likely N-dealkylation sites (tertiary alicyclic amines) is 1. The van der Waals surface area contributed by atoms with Crippen LogP contribution in [-0.4, -0.2) is 52.6 Å². The fraction of sp³-hybridized carbons (Fsp3) is 0.500. The Hall–Kier alpha value is -2.22. The first-order valence-corrected chi connectivity index (χ1v) is 8.67. The number of alkyl halides is 3. The summed E-state index contributed by atoms with van der Waals surface area (Å²) in [5.74, 6) is 0.312. The minimum Gasteiger partial charge on any atom is -0.355 e. The lowest BCUT2D eigenvalue weighted by Gasteiger charge is -2.38. The third-order valence-electron chi connectivity index (χ3n) is 4.77. The molecule has 1 aliphatic heterocycles. The van der Waals surface area contributed by atoms with Gasteiger partial charge in [-0.3, -0.25) is 4.98 Å². The summed E-state index contributed by atoms with van der Waals surface area (Å²) >= 11 is 0. The summed E-state index contributed by atoms with van der Waals surface area (Å²) in [6.07, 6.45) is 3.01. The highest BCUT2D eigenvalue weighted by Crippen LogP contribution is 2.29. The molecular formula is C18H22F3N5. The molecule has 140 valence electrons. The number of piperidine rings is 1. The molecule has 2 aromatic rings. The second kappa shape index (κ2) is 7.99. The maximum absolute atomic E-state index is 12.9. The molecule has 26 heavy (non-hydrogen) atoms. The van der Waals surface area contributed by atoms with E-state index in [4.69, 9.17) is 0 Å². The Labute approximate surface area is 150 Å². The number of hydrogen-bond donors (Lipinski definition) is 0. The molecule has 5 nitrogen and oxygen atoms in total. The summed E-state index contributed by atoms with van der Waals surface area (Å²) in [4.78, 5) is 15.7. The molecule has 1 unspecified atom stereocenters. The molecule has 0 aromatic carbocycles. The number of aromatic nitrogens is 3. The topological polar surface area (TPSA) is 45.2 Å². The van der Waals surface area contributed by atoms with Gasteiger partial charge in [-0.05, 0) is 37.4 Å². The van der Waals surface area contributed by atoms with Crippen LogP contribution in [-0.2, 0) is 12.6 Å². The predicted octanol–water partition coefficient (Wildman–Crippen LogP) is 3.03. The molecule has 0 radical (unpaired) electrons. The van der Waals surface area contributed by atoms with E-state index in [0.717, 1.165) is 51.3 Å². The average Bonchev–Trinajstić information content (AvgIpc) is 2.66. The van der Waals surface area contributed by atoms with Crippen molar-refractivity contribution in [3.05, 3.63) is 48.2 Å². The van der Waals surface area contributed by atoms with Crippen molar-refractivity contribution in [1.82, 2.24) is 19.9 Å². The van der Waals surface area contributed by atoms with Crippen LogP contribution in [0.25, 0.3) is 0 Å². The summed E-state index contributed by atoms with van der Waals surface area (Å²) < 4.78 is 38.6. The molecule has 0 N–H and O–H groups in total. The second-order valence-electron chi connectivity index (χ2n) is 6.58. The van der Waals surface area contributed by atoms with Gasteiger partial charge in [0.1, 0.15) is 17.8 Å². The SMILES string of the molecule is CN(c1cc(C(F)(F)F)ncn1)C1CCCN(CCc2cccnc2)C1. The van der Waals surface area contributed by atoms with Crippen molar-refractivity contribution in [3.8, 4) is 0 Å². The fourth-order valence-electron chi connectivity index (χ4n) is 3.27. The van der Waals surface area contributed by atoms with Gasteiger partial charge in [-0.25, -0.2) is 9.97 Å². The molecule has 1 aliphatic rings. The Kier molecular flexibility index (Phi) is 5.70. The van der Waals surface area contributed by atoms with Gasteiger partial charge >= 0.3 is 6.18 Å². The van der Waals surface area contributed by atoms with Crippen LogP contribution in [0.5, 0.6) is 0 Å². The molecule has 0 bridgehead atoms. The Morgan fingerprint density at radius 2 is 2.15 bits per heavy atom. The second-order valence-corrected chi connectivity index (χ2v) is 6.58. The van der Waals surface area contributed by atoms with E-state index < -0.39 is 11.9 Å². The molecular weight excluding hydrogens is 343 g/mol. The maximum atomic E-state index is 12.9. The van der Waals surface area contributed by atoms with E-state index >= 15 is 0 Å². The van der Waals surface area contributed by atoms with Gasteiger partial charge in [-0.1, -0.05) is 6.07 Å². The largest absolute Gasteiger partial charge is 0.433 e. The number of hydrogen-bond acceptors (Lipinski definition) is 5. The number of halogens is 3. The Morgan fingerprint density at radius 1 is 1.31 bits per heavy atom. The van der Waals surface area contributed by atoms with Crippen molar-refractivity contribution in [2.45, 2.75) is 31.5 Å². The van der Waals surface area contributed by atoms with Crippen molar-refractivity contribution in [2.24, 2.45) is 0 Å². The van der Waals surface area contributed by atoms with Crippen LogP contribution in [0.2, 0.25) is 0 Å². The average molecular weight is 365 g/mol. The van der Waals surface area contributed by atoms with Gasteiger partial charge in [0.05, 0.1) is 0 Å². The van der Waals surface area contributed by atoms with E-state index in [-0.39, 0.29) is 6.04 Å². The summed E-state index contributed by atoms with van der Waals surface area (Å²) in [5.41, 5.74) is 0.284. The van der Waals surface area contributed by atoms with Gasteiger partial charge in [0.15, 0.2) is 0 Å². The third kappa shape index (κ3) is 4.69. The third-order valence-corrected chi connectivity index (χ3v) is 4.77. The lowest BCUT2D eigenvalue weighted by atomic mass is 10.0. The molecule has 1 saturated heterocycles. The minimum absolute atomic E-state index is 0.133. The van der Waals surface area contributed by atoms with Crippen LogP contribution in [0.15, 0.2) is 36.9 Å². The summed E-state index contributed by atoms with van der Waals surface area (Å²) in [5, 5.41) is 0. The van der Waals surface area contributed by atoms with Crippen molar-refractivity contribution < 1.29 is 13.2 Å². The van der Waals surface area contributed by atoms with E-state index in [1.54, 1.807) is 13.2 Å². The first-order chi connectivity index (χ1) is 12.4. The van der Waals surface area contributed by atoms with Crippen molar-refractivity contribution in [3.63, 3.8) is 0 Å². The maximum Gasteiger partial charge on any atom is 0.433 e. The highest BCUT2D eigenvalue weighted by molar-refractivity contribution is 5.40. The number of likely N-dealkylation sites (N-methyl/N-ethyl adjacent to an activating group) is 1. The lowest BCUT2D eigenvalue weighted by Crippen LogP contribution is -2.47. The molecule has 0 spiro atoms. The molecule has 3 heterocycles. The van der Waals surface area contributed by atoms with E-state index in [1.807, 2.05) is 17.2 Å². The van der Waals surface area contributed by atoms with Crippen LogP contribution in [0, 0.1) is 0 Å². The fourth-order valence-corrected chi connectivity index (χ4v) is 3.27. The molecule has 0 amide bonds. The van der Waals surface area contributed by atoms with Crippen LogP contribution in [0.4, 0.5) is 19.0 Å². The molecule has 0 aliphatic carbocycles. The summed E-state index contributed by atoms with van der Waals surface area (Å²) in [7, 11) is 1.80. The highest BCUT2D eigenvalue weighted by Gasteiger charge is 2.33. The molecule has 8 heteroatoms. The zero-order valence-electron chi connectivity index (χ0n) is 14.7. The van der Waals surface area contributed by atoms with Gasteiger partial charge in [-0.2, -0.15) is 13.2 Å². The van der Waals surface area contributed by atoms with Crippen molar-refractivity contribution in [1.29, 1.82) is 0 Å². The van der Waals surface area contributed by atoms with Gasteiger partial charge in [-0.15, -0.1) is 0 Å². The summed E-state index contributed by atoms with van der Waals surface area (Å²) in [6, 6.07) is 5.14. The van der Waals surface area contributed by atoms with E-state index in [9.17, 15) is 13.2 Å². The zero-order valence-corrected chi connectivity index (χ0v) is 14.7. The van der Waals surface area contributed by atoms with E-state index in [2.05, 4.69) is 25.9 Å². The van der Waals surface area contributed by atoms with E-state index in [0.29, 0.717) is 5.82 Å². The lowest BCUT2D eigenvalue weighted by molar-refractivity contribution is -0.141. The van der Waals surface area contributed by atoms with Crippen LogP contribution >= 0.6 is 0 Å². The Morgan fingerprint density at radius 3 is 2.88 bits per heavy atom. The van der Waals surface area contributed by atoms with E-state index in [1.165, 1.54) is 5.56 Å². The normalized spacial score (nSPS) is 18.7. The molecule has 1 fully saturated rings. The molecule has 1 atom stereocenters. The first kappa shape index (κ1) is 18.6. The molecule has 0 saturated carbocycles.